The molecule has 0 saturated carbocycles. The molecule has 0 radical (unpaired) electrons. The number of carboxylic acids is 1. The summed E-state index contributed by atoms with van der Waals surface area (Å²) in [5.74, 6) is -0.957. The van der Waals surface area contributed by atoms with Gasteiger partial charge in [-0.15, -0.1) is 0 Å². The SMILES string of the molecule is O=C(O)c1cnc(Cl)cc1N1CCCC1. The standard InChI is InChI=1S/C10H11ClN2O2/c11-9-5-8(13-3-1-2-4-13)7(6-12-9)10(14)15/h5-6H,1-4H2,(H,14,15). The zero-order chi connectivity index (χ0) is 10.8. The fourth-order valence-electron chi connectivity index (χ4n) is 1.80. The van der Waals surface area contributed by atoms with Crippen LogP contribution in [0.4, 0.5) is 5.69 Å². The Balaban J connectivity index is 2.41. The number of anilines is 1. The van der Waals surface area contributed by atoms with Crippen molar-refractivity contribution in [1.82, 2.24) is 4.98 Å². The van der Waals surface area contributed by atoms with E-state index in [1.165, 1.54) is 6.20 Å². The van der Waals surface area contributed by atoms with Gasteiger partial charge in [-0.1, -0.05) is 11.6 Å². The van der Waals surface area contributed by atoms with E-state index in [-0.39, 0.29) is 5.56 Å². The second-order valence-electron chi connectivity index (χ2n) is 3.52. The van der Waals surface area contributed by atoms with E-state index in [4.69, 9.17) is 16.7 Å². The lowest BCUT2D eigenvalue weighted by Crippen LogP contribution is -2.20. The maximum atomic E-state index is 11.0. The number of halogens is 1. The first-order chi connectivity index (χ1) is 7.18. The number of hydrogen-bond donors (Lipinski definition) is 1. The van der Waals surface area contributed by atoms with Crippen LogP contribution >= 0.6 is 11.6 Å². The highest BCUT2D eigenvalue weighted by molar-refractivity contribution is 6.29. The zero-order valence-electron chi connectivity index (χ0n) is 8.11. The van der Waals surface area contributed by atoms with Crippen LogP contribution in [0.25, 0.3) is 0 Å². The Kier molecular flexibility index (Phi) is 2.77. The number of nitrogens with zero attached hydrogens (tertiary/aromatic N) is 2. The highest BCUT2D eigenvalue weighted by atomic mass is 35.5. The molecule has 1 aromatic rings. The third kappa shape index (κ3) is 2.04. The van der Waals surface area contributed by atoms with E-state index in [0.29, 0.717) is 10.8 Å². The molecule has 0 unspecified atom stereocenters. The molecule has 0 atom stereocenters. The first-order valence-electron chi connectivity index (χ1n) is 4.82. The second-order valence-corrected chi connectivity index (χ2v) is 3.91. The van der Waals surface area contributed by atoms with E-state index in [9.17, 15) is 4.79 Å². The number of aromatic carboxylic acids is 1. The summed E-state index contributed by atoms with van der Waals surface area (Å²) in [6.45, 7) is 1.78. The highest BCUT2D eigenvalue weighted by Crippen LogP contribution is 2.26. The molecule has 1 aromatic heterocycles. The molecule has 1 fully saturated rings. The van der Waals surface area contributed by atoms with Crippen molar-refractivity contribution in [1.29, 1.82) is 0 Å². The molecule has 15 heavy (non-hydrogen) atoms. The smallest absolute Gasteiger partial charge is 0.339 e. The fraction of sp³-hybridized carbons (Fsp3) is 0.400. The van der Waals surface area contributed by atoms with Gasteiger partial charge in [-0.25, -0.2) is 9.78 Å². The van der Waals surface area contributed by atoms with Crippen LogP contribution in [0.3, 0.4) is 0 Å². The average molecular weight is 227 g/mol. The van der Waals surface area contributed by atoms with Crippen LogP contribution in [0.2, 0.25) is 5.15 Å². The Labute approximate surface area is 92.5 Å². The molecular formula is C10H11ClN2O2. The Morgan fingerprint density at radius 3 is 2.73 bits per heavy atom. The van der Waals surface area contributed by atoms with Crippen molar-refractivity contribution in [2.45, 2.75) is 12.8 Å². The molecule has 1 saturated heterocycles. The van der Waals surface area contributed by atoms with E-state index in [1.54, 1.807) is 6.07 Å². The third-order valence-electron chi connectivity index (χ3n) is 2.53. The van der Waals surface area contributed by atoms with Gasteiger partial charge >= 0.3 is 5.97 Å². The Hall–Kier alpha value is -1.29. The Bertz CT molecular complexity index is 389. The molecule has 5 heteroatoms. The number of carbonyl (C=O) groups is 1. The maximum Gasteiger partial charge on any atom is 0.339 e. The van der Waals surface area contributed by atoms with Crippen molar-refractivity contribution in [3.05, 3.63) is 23.0 Å². The van der Waals surface area contributed by atoms with E-state index in [2.05, 4.69) is 4.98 Å². The molecule has 1 N–H and O–H groups in total. The van der Waals surface area contributed by atoms with E-state index in [1.807, 2.05) is 4.90 Å². The van der Waals surface area contributed by atoms with Crippen molar-refractivity contribution in [2.75, 3.05) is 18.0 Å². The summed E-state index contributed by atoms with van der Waals surface area (Å²) in [5, 5.41) is 9.34. The summed E-state index contributed by atoms with van der Waals surface area (Å²) in [5.41, 5.74) is 0.904. The molecule has 4 nitrogen and oxygen atoms in total. The predicted octanol–water partition coefficient (Wildman–Crippen LogP) is 2.03. The number of rotatable bonds is 2. The molecular weight excluding hydrogens is 216 g/mol. The number of carboxylic acid groups (broad SMARTS) is 1. The van der Waals surface area contributed by atoms with E-state index < -0.39 is 5.97 Å². The van der Waals surface area contributed by atoms with Gasteiger partial charge in [0.15, 0.2) is 0 Å². The summed E-state index contributed by atoms with van der Waals surface area (Å²) in [6, 6.07) is 1.62. The molecule has 0 aliphatic carbocycles. The van der Waals surface area contributed by atoms with Crippen LogP contribution in [0.1, 0.15) is 23.2 Å². The molecule has 80 valence electrons. The van der Waals surface area contributed by atoms with Crippen molar-refractivity contribution in [3.63, 3.8) is 0 Å². The quantitative estimate of drug-likeness (QED) is 0.784. The first-order valence-corrected chi connectivity index (χ1v) is 5.20. The zero-order valence-corrected chi connectivity index (χ0v) is 8.87. The number of hydrogen-bond acceptors (Lipinski definition) is 3. The van der Waals surface area contributed by atoms with Crippen molar-refractivity contribution < 1.29 is 9.90 Å². The molecule has 1 aliphatic rings. The molecule has 1 aliphatic heterocycles. The van der Waals surface area contributed by atoms with E-state index in [0.717, 1.165) is 25.9 Å². The maximum absolute atomic E-state index is 11.0. The van der Waals surface area contributed by atoms with Gasteiger partial charge < -0.3 is 10.0 Å². The van der Waals surface area contributed by atoms with Gasteiger partial charge in [-0.3, -0.25) is 0 Å². The highest BCUT2D eigenvalue weighted by Gasteiger charge is 2.19. The minimum Gasteiger partial charge on any atom is -0.478 e. The van der Waals surface area contributed by atoms with Crippen LogP contribution in [-0.4, -0.2) is 29.1 Å². The van der Waals surface area contributed by atoms with Crippen LogP contribution < -0.4 is 4.90 Å². The third-order valence-corrected chi connectivity index (χ3v) is 2.73. The summed E-state index contributed by atoms with van der Waals surface area (Å²) in [4.78, 5) is 16.8. The largest absolute Gasteiger partial charge is 0.478 e. The normalized spacial score (nSPS) is 15.7. The Morgan fingerprint density at radius 1 is 1.47 bits per heavy atom. The van der Waals surface area contributed by atoms with Crippen LogP contribution in [0.15, 0.2) is 12.3 Å². The minimum absolute atomic E-state index is 0.223. The fourth-order valence-corrected chi connectivity index (χ4v) is 1.96. The predicted molar refractivity (Wildman–Crippen MR) is 57.7 cm³/mol. The van der Waals surface area contributed by atoms with E-state index >= 15 is 0 Å². The lowest BCUT2D eigenvalue weighted by molar-refractivity contribution is 0.0697. The topological polar surface area (TPSA) is 53.4 Å². The number of aromatic nitrogens is 1. The van der Waals surface area contributed by atoms with Crippen LogP contribution in [0, 0.1) is 0 Å². The first kappa shape index (κ1) is 10.2. The minimum atomic E-state index is -0.957. The van der Waals surface area contributed by atoms with Gasteiger partial charge in [0.1, 0.15) is 10.7 Å². The van der Waals surface area contributed by atoms with Gasteiger partial charge in [0.25, 0.3) is 0 Å². The molecule has 0 spiro atoms. The van der Waals surface area contributed by atoms with Crippen molar-refractivity contribution >= 4 is 23.3 Å². The summed E-state index contributed by atoms with van der Waals surface area (Å²) in [6.07, 6.45) is 3.51. The van der Waals surface area contributed by atoms with Gasteiger partial charge in [-0.05, 0) is 18.9 Å². The molecule has 2 rings (SSSR count). The van der Waals surface area contributed by atoms with Crippen molar-refractivity contribution in [3.8, 4) is 0 Å². The average Bonchev–Trinajstić information content (AvgIpc) is 2.69. The lowest BCUT2D eigenvalue weighted by Gasteiger charge is -2.19. The molecule has 0 bridgehead atoms. The van der Waals surface area contributed by atoms with Gasteiger partial charge in [-0.2, -0.15) is 0 Å². The molecule has 0 amide bonds. The summed E-state index contributed by atoms with van der Waals surface area (Å²) < 4.78 is 0. The monoisotopic (exact) mass is 226 g/mol. The Morgan fingerprint density at radius 2 is 2.13 bits per heavy atom. The van der Waals surface area contributed by atoms with Gasteiger partial charge in [0, 0.05) is 19.3 Å². The number of pyridine rings is 1. The van der Waals surface area contributed by atoms with Gasteiger partial charge in [0.05, 0.1) is 5.69 Å². The van der Waals surface area contributed by atoms with Crippen LogP contribution in [0.5, 0.6) is 0 Å². The summed E-state index contributed by atoms with van der Waals surface area (Å²) >= 11 is 5.77. The van der Waals surface area contributed by atoms with Crippen molar-refractivity contribution in [2.24, 2.45) is 0 Å². The van der Waals surface area contributed by atoms with Gasteiger partial charge in [0.2, 0.25) is 0 Å². The molecule has 2 heterocycles. The molecule has 0 aromatic carbocycles. The summed E-state index contributed by atoms with van der Waals surface area (Å²) in [7, 11) is 0. The van der Waals surface area contributed by atoms with Crippen LogP contribution in [-0.2, 0) is 0 Å². The lowest BCUT2D eigenvalue weighted by atomic mass is 10.2. The second kappa shape index (κ2) is 4.06.